The molecule has 1 spiro atoms. The van der Waals surface area contributed by atoms with Crippen molar-refractivity contribution < 1.29 is 4.79 Å². The second-order valence-electron chi connectivity index (χ2n) is 9.02. The highest BCUT2D eigenvalue weighted by atomic mass is 35.5. The molecule has 0 bridgehead atoms. The molecule has 38 heavy (non-hydrogen) atoms. The molecule has 0 aliphatic carbocycles. The monoisotopic (exact) mass is 556 g/mol. The highest BCUT2D eigenvalue weighted by Crippen LogP contribution is 2.55. The lowest BCUT2D eigenvalue weighted by atomic mass is 9.93. The molecule has 4 aromatic rings. The number of hydrogen-bond donors (Lipinski definition) is 0. The molecule has 2 heterocycles. The summed E-state index contributed by atoms with van der Waals surface area (Å²) in [5.41, 5.74) is 6.13. The molecular formula is C30H22Cl2N4OS. The van der Waals surface area contributed by atoms with Gasteiger partial charge in [-0.05, 0) is 60.6 Å². The third-order valence-electron chi connectivity index (χ3n) is 6.62. The summed E-state index contributed by atoms with van der Waals surface area (Å²) >= 11 is 14.2. The summed E-state index contributed by atoms with van der Waals surface area (Å²) in [5, 5.41) is 15.7. The average molecular weight is 558 g/mol. The van der Waals surface area contributed by atoms with E-state index in [2.05, 4.69) is 12.1 Å². The molecule has 1 atom stereocenters. The fraction of sp³-hybridized carbons (Fsp3) is 0.100. The number of thioether (sulfide) groups is 1. The van der Waals surface area contributed by atoms with Crippen LogP contribution in [0.15, 0.2) is 107 Å². The molecule has 0 saturated carbocycles. The van der Waals surface area contributed by atoms with Crippen LogP contribution in [-0.4, -0.2) is 16.5 Å². The van der Waals surface area contributed by atoms with Gasteiger partial charge in [0.25, 0.3) is 0 Å². The summed E-state index contributed by atoms with van der Waals surface area (Å²) in [5.74, 6) is -0.116. The van der Waals surface area contributed by atoms with Gasteiger partial charge in [-0.25, -0.2) is 10.0 Å². The largest absolute Gasteiger partial charge is 0.292 e. The number of fused-ring (bicyclic) bond motifs is 2. The molecule has 6 rings (SSSR count). The van der Waals surface area contributed by atoms with Gasteiger partial charge < -0.3 is 0 Å². The van der Waals surface area contributed by atoms with Crippen molar-refractivity contribution in [2.75, 3.05) is 10.0 Å². The van der Waals surface area contributed by atoms with Gasteiger partial charge >= 0.3 is 0 Å². The van der Waals surface area contributed by atoms with Crippen LogP contribution in [0.2, 0.25) is 10.0 Å². The second kappa shape index (κ2) is 9.62. The smallest absolute Gasteiger partial charge is 0.234 e. The van der Waals surface area contributed by atoms with Crippen LogP contribution < -0.4 is 10.0 Å². The topological polar surface area (TPSA) is 48.3 Å². The van der Waals surface area contributed by atoms with Gasteiger partial charge in [0.05, 0.1) is 17.1 Å². The predicted molar refractivity (Wildman–Crippen MR) is 159 cm³/mol. The Morgan fingerprint density at radius 2 is 1.53 bits per heavy atom. The van der Waals surface area contributed by atoms with Crippen molar-refractivity contribution in [1.29, 1.82) is 0 Å². The Morgan fingerprint density at radius 1 is 0.816 bits per heavy atom. The number of ketones is 1. The van der Waals surface area contributed by atoms with Crippen LogP contribution in [0.5, 0.6) is 0 Å². The molecule has 188 valence electrons. The number of hydrogen-bond acceptors (Lipinski definition) is 6. The molecule has 2 aliphatic rings. The Morgan fingerprint density at radius 3 is 2.26 bits per heavy atom. The normalized spacial score (nSPS) is 18.3. The zero-order valence-corrected chi connectivity index (χ0v) is 22.9. The predicted octanol–water partition coefficient (Wildman–Crippen LogP) is 7.84. The highest BCUT2D eigenvalue weighted by Gasteiger charge is 2.56. The number of hydrazone groups is 2. The van der Waals surface area contributed by atoms with Crippen molar-refractivity contribution in [2.24, 2.45) is 10.2 Å². The zero-order valence-electron chi connectivity index (χ0n) is 20.6. The first-order valence-electron chi connectivity index (χ1n) is 12.0. The summed E-state index contributed by atoms with van der Waals surface area (Å²) < 4.78 is 0. The number of carbonyl (C=O) groups excluding carboxylic acids is 1. The van der Waals surface area contributed by atoms with Crippen LogP contribution in [0.4, 0.5) is 11.4 Å². The minimum atomic E-state index is -1.02. The second-order valence-corrected chi connectivity index (χ2v) is 11.0. The fourth-order valence-electron chi connectivity index (χ4n) is 4.78. The molecular weight excluding hydrogens is 535 g/mol. The Balaban J connectivity index is 1.68. The van der Waals surface area contributed by atoms with E-state index in [1.807, 2.05) is 102 Å². The van der Waals surface area contributed by atoms with Gasteiger partial charge in [-0.2, -0.15) is 10.2 Å². The van der Waals surface area contributed by atoms with Crippen molar-refractivity contribution in [3.8, 4) is 0 Å². The molecule has 4 aromatic carbocycles. The van der Waals surface area contributed by atoms with E-state index >= 15 is 0 Å². The van der Waals surface area contributed by atoms with Crippen molar-refractivity contribution in [1.82, 2.24) is 0 Å². The third-order valence-corrected chi connectivity index (χ3v) is 8.70. The summed E-state index contributed by atoms with van der Waals surface area (Å²) in [4.78, 5) is 11.8. The molecule has 0 aromatic heterocycles. The minimum absolute atomic E-state index is 0.116. The third kappa shape index (κ3) is 3.91. The van der Waals surface area contributed by atoms with Gasteiger partial charge in [-0.3, -0.25) is 4.79 Å². The SMILES string of the molecule is CC(=O)C1=NN(c2cccc(Cl)c2C)[C@]2(S1)c1ccccc1C(c1ccc(Cl)cc1)=NN2c1ccccc1. The van der Waals surface area contributed by atoms with E-state index < -0.39 is 4.99 Å². The lowest BCUT2D eigenvalue weighted by molar-refractivity contribution is -0.110. The maximum absolute atomic E-state index is 12.8. The lowest BCUT2D eigenvalue weighted by Crippen LogP contribution is -2.54. The molecule has 0 radical (unpaired) electrons. The van der Waals surface area contributed by atoms with Gasteiger partial charge in [0.2, 0.25) is 4.99 Å². The lowest BCUT2D eigenvalue weighted by Gasteiger charge is -2.47. The van der Waals surface area contributed by atoms with Gasteiger partial charge in [-0.15, -0.1) is 0 Å². The van der Waals surface area contributed by atoms with E-state index in [1.165, 1.54) is 18.7 Å². The summed E-state index contributed by atoms with van der Waals surface area (Å²) in [6.07, 6.45) is 0. The Kier molecular flexibility index (Phi) is 6.26. The Hall–Kier alpha value is -3.58. The van der Waals surface area contributed by atoms with Gasteiger partial charge in [-0.1, -0.05) is 83.9 Å². The number of halogens is 2. The van der Waals surface area contributed by atoms with Crippen molar-refractivity contribution in [2.45, 2.75) is 18.8 Å². The standard InChI is InChI=1S/C30H22Cl2N4OS/c1-19-26(32)13-8-14-27(19)36-30(38-29(34-36)20(2)37)25-12-7-6-11-24(25)28(21-15-17-22(31)18-16-21)33-35(30)23-9-4-3-5-10-23/h3-18H,1-2H3/t30-/m0/s1. The fourth-order valence-corrected chi connectivity index (χ4v) is 6.35. The first-order valence-corrected chi connectivity index (χ1v) is 13.6. The summed E-state index contributed by atoms with van der Waals surface area (Å²) in [7, 11) is 0. The van der Waals surface area contributed by atoms with Crippen LogP contribution in [0.25, 0.3) is 0 Å². The van der Waals surface area contributed by atoms with E-state index in [1.54, 1.807) is 0 Å². The van der Waals surface area contributed by atoms with Crippen molar-refractivity contribution in [3.63, 3.8) is 0 Å². The summed E-state index contributed by atoms with van der Waals surface area (Å²) in [6.45, 7) is 3.50. The van der Waals surface area contributed by atoms with Crippen molar-refractivity contribution >= 4 is 62.9 Å². The van der Waals surface area contributed by atoms with Crippen LogP contribution in [-0.2, 0) is 9.79 Å². The molecule has 5 nitrogen and oxygen atoms in total. The first kappa shape index (κ1) is 24.7. The molecule has 8 heteroatoms. The minimum Gasteiger partial charge on any atom is -0.292 e. The number of para-hydroxylation sites is 1. The van der Waals surface area contributed by atoms with Crippen molar-refractivity contribution in [3.05, 3.63) is 129 Å². The summed E-state index contributed by atoms with van der Waals surface area (Å²) in [6, 6.07) is 31.5. The molecule has 0 fully saturated rings. The number of nitrogens with zero attached hydrogens (tertiary/aromatic N) is 4. The maximum atomic E-state index is 12.8. The number of benzene rings is 4. The molecule has 0 unspecified atom stereocenters. The van der Waals surface area contributed by atoms with Crippen LogP contribution in [0, 0.1) is 6.92 Å². The maximum Gasteiger partial charge on any atom is 0.234 e. The van der Waals surface area contributed by atoms with Crippen LogP contribution in [0.1, 0.15) is 29.2 Å². The number of carbonyl (C=O) groups is 1. The Bertz CT molecular complexity index is 1620. The number of Topliss-reactive ketones (excluding diaryl/α,β-unsaturated/α-hetero) is 1. The van der Waals surface area contributed by atoms with E-state index in [9.17, 15) is 4.79 Å². The zero-order chi connectivity index (χ0) is 26.4. The van der Waals surface area contributed by atoms with Gasteiger partial charge in [0.15, 0.2) is 10.8 Å². The van der Waals surface area contributed by atoms with Crippen LogP contribution >= 0.6 is 35.0 Å². The van der Waals surface area contributed by atoms with E-state index in [-0.39, 0.29) is 5.78 Å². The quantitative estimate of drug-likeness (QED) is 0.257. The highest BCUT2D eigenvalue weighted by molar-refractivity contribution is 8.17. The van der Waals surface area contributed by atoms with E-state index in [4.69, 9.17) is 33.4 Å². The molecule has 0 N–H and O–H groups in total. The first-order chi connectivity index (χ1) is 18.4. The number of rotatable bonds is 4. The molecule has 0 amide bonds. The van der Waals surface area contributed by atoms with Gasteiger partial charge in [0.1, 0.15) is 0 Å². The van der Waals surface area contributed by atoms with E-state index in [0.29, 0.717) is 15.1 Å². The molecule has 2 aliphatic heterocycles. The Labute approximate surface area is 235 Å². The average Bonchev–Trinajstić information content (AvgIpc) is 3.33. The van der Waals surface area contributed by atoms with E-state index in [0.717, 1.165) is 39.3 Å². The van der Waals surface area contributed by atoms with Crippen LogP contribution in [0.3, 0.4) is 0 Å². The number of anilines is 2. The molecule has 0 saturated heterocycles. The van der Waals surface area contributed by atoms with Gasteiger partial charge in [0, 0.05) is 33.7 Å².